The molecule has 3 aliphatic rings. The fourth-order valence-corrected chi connectivity index (χ4v) is 9.03. The Bertz CT molecular complexity index is 897. The number of hydrogen-bond acceptors (Lipinski definition) is 6. The van der Waals surface area contributed by atoms with Crippen molar-refractivity contribution in [3.8, 4) is 0 Å². The second kappa shape index (κ2) is 10.5. The van der Waals surface area contributed by atoms with Crippen LogP contribution in [0.25, 0.3) is 0 Å². The van der Waals surface area contributed by atoms with Gasteiger partial charge < -0.3 is 19.6 Å². The molecule has 0 aliphatic carbocycles. The van der Waals surface area contributed by atoms with E-state index in [2.05, 4.69) is 47.8 Å². The molecule has 7 nitrogen and oxygen atoms in total. The molecule has 3 saturated heterocycles. The summed E-state index contributed by atoms with van der Waals surface area (Å²) in [5, 5.41) is 10.0. The Morgan fingerprint density at radius 2 is 1.94 bits per heavy atom. The van der Waals surface area contributed by atoms with Gasteiger partial charge in [-0.1, -0.05) is 32.9 Å². The van der Waals surface area contributed by atoms with Gasteiger partial charge in [-0.05, 0) is 51.9 Å². The van der Waals surface area contributed by atoms with Crippen LogP contribution in [-0.2, 0) is 19.1 Å². The molecule has 1 N–H and O–H groups in total. The Labute approximate surface area is 220 Å². The fraction of sp³-hybridized carbons (Fsp3) is 0.750. The van der Waals surface area contributed by atoms with Crippen LogP contribution in [0, 0.1) is 17.3 Å². The maximum absolute atomic E-state index is 14.5. The molecular formula is C28H44N2O5S. The van der Waals surface area contributed by atoms with Gasteiger partial charge in [-0.3, -0.25) is 14.4 Å². The topological polar surface area (TPSA) is 87.1 Å². The summed E-state index contributed by atoms with van der Waals surface area (Å²) >= 11 is 1.62. The predicted molar refractivity (Wildman–Crippen MR) is 143 cm³/mol. The molecule has 202 valence electrons. The summed E-state index contributed by atoms with van der Waals surface area (Å²) in [6.45, 7) is 20.2. The van der Waals surface area contributed by atoms with Crippen LogP contribution in [0.15, 0.2) is 25.3 Å². The first-order chi connectivity index (χ1) is 16.8. The van der Waals surface area contributed by atoms with Crippen molar-refractivity contribution in [1.29, 1.82) is 0 Å². The maximum atomic E-state index is 14.5. The second-order valence-electron chi connectivity index (χ2n) is 12.4. The Balaban J connectivity index is 2.04. The lowest BCUT2D eigenvalue weighted by atomic mass is 9.71. The molecular weight excluding hydrogens is 476 g/mol. The van der Waals surface area contributed by atoms with Crippen LogP contribution in [0.5, 0.6) is 0 Å². The van der Waals surface area contributed by atoms with Crippen LogP contribution in [-0.4, -0.2) is 80.1 Å². The van der Waals surface area contributed by atoms with Gasteiger partial charge in [-0.25, -0.2) is 0 Å². The Morgan fingerprint density at radius 3 is 2.50 bits per heavy atom. The number of thioether (sulfide) groups is 1. The number of ether oxygens (including phenoxy) is 1. The van der Waals surface area contributed by atoms with E-state index in [1.54, 1.807) is 35.7 Å². The van der Waals surface area contributed by atoms with E-state index in [9.17, 15) is 19.5 Å². The van der Waals surface area contributed by atoms with Crippen LogP contribution in [0.4, 0.5) is 0 Å². The third kappa shape index (κ3) is 5.00. The summed E-state index contributed by atoms with van der Waals surface area (Å²) < 4.78 is 4.83. The van der Waals surface area contributed by atoms with E-state index >= 15 is 0 Å². The van der Waals surface area contributed by atoms with Gasteiger partial charge in [-0.2, -0.15) is 0 Å². The molecule has 0 radical (unpaired) electrons. The van der Waals surface area contributed by atoms with E-state index in [1.807, 2.05) is 4.90 Å². The van der Waals surface area contributed by atoms with Crippen molar-refractivity contribution in [2.24, 2.45) is 17.3 Å². The molecule has 1 spiro atoms. The van der Waals surface area contributed by atoms with Crippen molar-refractivity contribution in [1.82, 2.24) is 9.80 Å². The summed E-state index contributed by atoms with van der Waals surface area (Å²) in [5.41, 5.74) is -0.506. The number of carbonyl (C=O) groups excluding carboxylic acids is 3. The van der Waals surface area contributed by atoms with Crippen molar-refractivity contribution in [3.63, 3.8) is 0 Å². The van der Waals surface area contributed by atoms with E-state index in [1.165, 1.54) is 0 Å². The molecule has 8 heteroatoms. The number of hydrogen-bond donors (Lipinski definition) is 1. The smallest absolute Gasteiger partial charge is 0.310 e. The lowest BCUT2D eigenvalue weighted by Gasteiger charge is -2.46. The Morgan fingerprint density at radius 1 is 1.28 bits per heavy atom. The summed E-state index contributed by atoms with van der Waals surface area (Å²) in [6, 6.07) is -1.29. The van der Waals surface area contributed by atoms with Crippen molar-refractivity contribution in [3.05, 3.63) is 25.3 Å². The maximum Gasteiger partial charge on any atom is 0.310 e. The molecule has 36 heavy (non-hydrogen) atoms. The minimum absolute atomic E-state index is 0.0194. The van der Waals surface area contributed by atoms with Crippen LogP contribution in [0.2, 0.25) is 0 Å². The van der Waals surface area contributed by atoms with Crippen LogP contribution in [0.3, 0.4) is 0 Å². The van der Waals surface area contributed by atoms with E-state index in [-0.39, 0.29) is 41.7 Å². The van der Waals surface area contributed by atoms with Crippen molar-refractivity contribution in [2.45, 2.75) is 94.8 Å². The van der Waals surface area contributed by atoms with Crippen LogP contribution >= 0.6 is 11.8 Å². The predicted octanol–water partition coefficient (Wildman–Crippen LogP) is 3.81. The number of nitrogens with zero attached hydrogens (tertiary/aromatic N) is 2. The van der Waals surface area contributed by atoms with Gasteiger partial charge in [0, 0.05) is 17.3 Å². The molecule has 0 saturated carbocycles. The molecule has 0 aromatic heterocycles. The zero-order valence-electron chi connectivity index (χ0n) is 22.8. The number of aliphatic hydroxyl groups excluding tert-OH is 1. The number of rotatable bonds is 11. The first kappa shape index (κ1) is 28.8. The normalized spacial score (nSPS) is 30.2. The number of likely N-dealkylation sites (tertiary alicyclic amines) is 1. The van der Waals surface area contributed by atoms with Gasteiger partial charge in [0.2, 0.25) is 11.8 Å². The third-order valence-corrected chi connectivity index (χ3v) is 9.77. The Kier molecular flexibility index (Phi) is 8.41. The zero-order valence-corrected chi connectivity index (χ0v) is 23.6. The number of fused-ring (bicyclic) bond motifs is 1. The van der Waals surface area contributed by atoms with E-state index in [0.29, 0.717) is 19.4 Å². The van der Waals surface area contributed by atoms with Gasteiger partial charge in [0.15, 0.2) is 0 Å². The molecule has 3 rings (SSSR count). The molecule has 3 heterocycles. The highest BCUT2D eigenvalue weighted by Gasteiger charge is 2.74. The highest BCUT2D eigenvalue weighted by Crippen LogP contribution is 2.67. The third-order valence-electron chi connectivity index (χ3n) is 7.82. The lowest BCUT2D eigenvalue weighted by Crippen LogP contribution is -2.61. The highest BCUT2D eigenvalue weighted by molar-refractivity contribution is 8.02. The van der Waals surface area contributed by atoms with Gasteiger partial charge in [0.1, 0.15) is 6.04 Å². The van der Waals surface area contributed by atoms with Crippen molar-refractivity contribution >= 4 is 29.5 Å². The largest absolute Gasteiger partial charge is 0.465 e. The molecule has 2 bridgehead atoms. The van der Waals surface area contributed by atoms with Crippen LogP contribution < -0.4 is 0 Å². The summed E-state index contributed by atoms with van der Waals surface area (Å²) in [7, 11) is 0. The number of amides is 2. The fourth-order valence-electron chi connectivity index (χ4n) is 6.84. The molecule has 2 unspecified atom stereocenters. The van der Waals surface area contributed by atoms with Crippen molar-refractivity contribution < 1.29 is 24.2 Å². The summed E-state index contributed by atoms with van der Waals surface area (Å²) in [5.74, 6) is -1.93. The van der Waals surface area contributed by atoms with E-state index in [4.69, 9.17) is 4.74 Å². The summed E-state index contributed by atoms with van der Waals surface area (Å²) in [6.07, 6.45) is 6.18. The minimum Gasteiger partial charge on any atom is -0.465 e. The molecule has 6 atom stereocenters. The van der Waals surface area contributed by atoms with Gasteiger partial charge in [0.05, 0.1) is 35.8 Å². The van der Waals surface area contributed by atoms with E-state index < -0.39 is 34.2 Å². The second-order valence-corrected chi connectivity index (χ2v) is 14.0. The van der Waals surface area contributed by atoms with Gasteiger partial charge >= 0.3 is 5.97 Å². The molecule has 3 fully saturated rings. The molecule has 2 amide bonds. The standard InChI is InChI=1S/C28H44N2O5S/c1-9-11-15-35-25(34)20-19-12-13-28(36-19)21(20)23(32)30(18(3)16-31)22(28)24(33)29(14-10-2)27(7,8)17-26(4,5)6/h9-10,18-22,31H,1-2,11-17H2,3-8H3/t18-,19-,20+,21+,22?,28?/m1/s1. The molecule has 3 aliphatic heterocycles. The first-order valence-corrected chi connectivity index (χ1v) is 13.9. The monoisotopic (exact) mass is 520 g/mol. The van der Waals surface area contributed by atoms with Gasteiger partial charge in [-0.15, -0.1) is 24.9 Å². The highest BCUT2D eigenvalue weighted by atomic mass is 32.2. The number of esters is 1. The molecule has 0 aromatic rings. The Hall–Kier alpha value is -1.80. The zero-order chi connectivity index (χ0) is 27.1. The summed E-state index contributed by atoms with van der Waals surface area (Å²) in [4.78, 5) is 45.1. The SMILES string of the molecule is C=CCCOC(=O)[C@@H]1[C@H]2C(=O)N([C@H](C)CO)C(C(=O)N(CC=C)C(C)(C)CC(C)(C)C)C23CC[C@H]1S3. The number of aliphatic hydroxyl groups is 1. The first-order valence-electron chi connectivity index (χ1n) is 13.1. The quantitative estimate of drug-likeness (QED) is 0.253. The molecule has 0 aromatic carbocycles. The average molecular weight is 521 g/mol. The lowest BCUT2D eigenvalue weighted by molar-refractivity contribution is -0.154. The van der Waals surface area contributed by atoms with E-state index in [0.717, 1.165) is 12.8 Å². The van der Waals surface area contributed by atoms with Crippen LogP contribution in [0.1, 0.15) is 67.2 Å². The minimum atomic E-state index is -0.752. The van der Waals surface area contributed by atoms with Crippen molar-refractivity contribution in [2.75, 3.05) is 19.8 Å². The van der Waals surface area contributed by atoms with Gasteiger partial charge in [0.25, 0.3) is 0 Å². The number of carbonyl (C=O) groups is 3. The average Bonchev–Trinajstić information content (AvgIpc) is 3.42.